The third kappa shape index (κ3) is 1.06. The van der Waals surface area contributed by atoms with Gasteiger partial charge in [-0.05, 0) is 13.0 Å². The Hall–Kier alpha value is -1.10. The van der Waals surface area contributed by atoms with Crippen LogP contribution in [0.2, 0.25) is 0 Å². The molecule has 0 amide bonds. The highest BCUT2D eigenvalue weighted by Crippen LogP contribution is 2.25. The van der Waals surface area contributed by atoms with E-state index < -0.39 is 0 Å². The van der Waals surface area contributed by atoms with Gasteiger partial charge in [-0.1, -0.05) is 6.92 Å². The number of aromatic amines is 2. The van der Waals surface area contributed by atoms with Gasteiger partial charge in [0.25, 0.3) is 0 Å². The monoisotopic (exact) mass is 168 g/mol. The summed E-state index contributed by atoms with van der Waals surface area (Å²) in [5.41, 5.74) is -0.225. The van der Waals surface area contributed by atoms with Gasteiger partial charge >= 0.3 is 5.69 Å². The van der Waals surface area contributed by atoms with Crippen LogP contribution in [0.4, 0.5) is 0 Å². The quantitative estimate of drug-likeness (QED) is 0.521. The Morgan fingerprint density at radius 2 is 2.42 bits per heavy atom. The van der Waals surface area contributed by atoms with E-state index in [9.17, 15) is 4.79 Å². The topological polar surface area (TPSA) is 73.6 Å². The Balaban J connectivity index is 2.34. The summed E-state index contributed by atoms with van der Waals surface area (Å²) in [6.45, 7) is 3.97. The highest BCUT2D eigenvalue weighted by atomic mass is 16.1. The van der Waals surface area contributed by atoms with E-state index in [4.69, 9.17) is 0 Å². The van der Waals surface area contributed by atoms with E-state index >= 15 is 0 Å². The molecule has 3 N–H and O–H groups in total. The SMILES string of the molecule is CC1(c2n[nH]c(=O)[nH]2)CCNC1. The van der Waals surface area contributed by atoms with E-state index in [-0.39, 0.29) is 11.1 Å². The van der Waals surface area contributed by atoms with Gasteiger partial charge in [-0.2, -0.15) is 5.10 Å². The number of hydrogen-bond donors (Lipinski definition) is 3. The molecule has 12 heavy (non-hydrogen) atoms. The van der Waals surface area contributed by atoms with Crippen LogP contribution < -0.4 is 11.0 Å². The number of aromatic nitrogens is 3. The Morgan fingerprint density at radius 3 is 2.92 bits per heavy atom. The molecule has 0 radical (unpaired) electrons. The fourth-order valence-corrected chi connectivity index (χ4v) is 1.58. The zero-order valence-electron chi connectivity index (χ0n) is 6.98. The fourth-order valence-electron chi connectivity index (χ4n) is 1.58. The highest BCUT2D eigenvalue weighted by molar-refractivity contribution is 5.08. The molecule has 66 valence electrons. The van der Waals surface area contributed by atoms with Crippen molar-refractivity contribution < 1.29 is 0 Å². The lowest BCUT2D eigenvalue weighted by atomic mass is 9.89. The molecule has 2 heterocycles. The van der Waals surface area contributed by atoms with Gasteiger partial charge in [-0.3, -0.25) is 4.98 Å². The van der Waals surface area contributed by atoms with E-state index in [0.717, 1.165) is 25.3 Å². The van der Waals surface area contributed by atoms with Crippen molar-refractivity contribution in [1.29, 1.82) is 0 Å². The van der Waals surface area contributed by atoms with Crippen LogP contribution in [0.25, 0.3) is 0 Å². The average molecular weight is 168 g/mol. The smallest absolute Gasteiger partial charge is 0.316 e. The lowest BCUT2D eigenvalue weighted by molar-refractivity contribution is 0.491. The van der Waals surface area contributed by atoms with E-state index in [1.54, 1.807) is 0 Å². The van der Waals surface area contributed by atoms with Gasteiger partial charge in [0.1, 0.15) is 5.82 Å². The molecule has 0 saturated carbocycles. The zero-order chi connectivity index (χ0) is 8.60. The minimum Gasteiger partial charge on any atom is -0.316 e. The maximum absolute atomic E-state index is 10.8. The molecule has 0 bridgehead atoms. The van der Waals surface area contributed by atoms with Crippen LogP contribution in [0.3, 0.4) is 0 Å². The first-order valence-corrected chi connectivity index (χ1v) is 4.07. The molecule has 1 aromatic rings. The Labute approximate surface area is 69.6 Å². The van der Waals surface area contributed by atoms with Crippen LogP contribution in [-0.2, 0) is 5.41 Å². The molecule has 0 aliphatic carbocycles. The molecule has 1 fully saturated rings. The number of rotatable bonds is 1. The van der Waals surface area contributed by atoms with Gasteiger partial charge in [0.2, 0.25) is 0 Å². The lowest BCUT2D eigenvalue weighted by Gasteiger charge is -2.17. The standard InChI is InChI=1S/C7H12N4O/c1-7(2-3-8-4-7)5-9-6(12)11-10-5/h8H,2-4H2,1H3,(H2,9,10,11,12). The Bertz CT molecular complexity index is 320. The van der Waals surface area contributed by atoms with Gasteiger partial charge in [-0.15, -0.1) is 0 Å². The first-order valence-electron chi connectivity index (χ1n) is 4.07. The maximum atomic E-state index is 10.8. The van der Waals surface area contributed by atoms with Crippen molar-refractivity contribution in [2.24, 2.45) is 0 Å². The normalized spacial score (nSPS) is 29.4. The zero-order valence-corrected chi connectivity index (χ0v) is 6.98. The van der Waals surface area contributed by atoms with Crippen molar-refractivity contribution in [3.05, 3.63) is 16.3 Å². The van der Waals surface area contributed by atoms with Gasteiger partial charge in [0.15, 0.2) is 0 Å². The summed E-state index contributed by atoms with van der Waals surface area (Å²) in [5.74, 6) is 0.762. The number of nitrogens with zero attached hydrogens (tertiary/aromatic N) is 1. The lowest BCUT2D eigenvalue weighted by Crippen LogP contribution is -2.26. The second-order valence-corrected chi connectivity index (χ2v) is 3.51. The number of hydrogen-bond acceptors (Lipinski definition) is 3. The number of H-pyrrole nitrogens is 2. The van der Waals surface area contributed by atoms with Crippen LogP contribution in [-0.4, -0.2) is 28.3 Å². The molecule has 1 saturated heterocycles. The summed E-state index contributed by atoms with van der Waals surface area (Å²) in [7, 11) is 0. The largest absolute Gasteiger partial charge is 0.340 e. The molecule has 5 heteroatoms. The average Bonchev–Trinajstić information content (AvgIpc) is 2.59. The highest BCUT2D eigenvalue weighted by Gasteiger charge is 2.33. The summed E-state index contributed by atoms with van der Waals surface area (Å²) in [5, 5.41) is 9.56. The molecule has 1 unspecified atom stereocenters. The van der Waals surface area contributed by atoms with Gasteiger partial charge in [-0.25, -0.2) is 9.89 Å². The van der Waals surface area contributed by atoms with Crippen molar-refractivity contribution in [3.63, 3.8) is 0 Å². The molecule has 1 aliphatic rings. The minimum atomic E-state index is -0.224. The van der Waals surface area contributed by atoms with E-state index in [1.165, 1.54) is 0 Å². The molecule has 1 aromatic heterocycles. The second-order valence-electron chi connectivity index (χ2n) is 3.51. The number of nitrogens with one attached hydrogen (secondary N) is 3. The van der Waals surface area contributed by atoms with Crippen LogP contribution in [0.5, 0.6) is 0 Å². The molecule has 1 atom stereocenters. The van der Waals surface area contributed by atoms with Gasteiger partial charge in [0, 0.05) is 12.0 Å². The molecular formula is C7H12N4O. The van der Waals surface area contributed by atoms with Crippen molar-refractivity contribution in [1.82, 2.24) is 20.5 Å². The first kappa shape index (κ1) is 7.54. The molecule has 1 aliphatic heterocycles. The Morgan fingerprint density at radius 1 is 1.58 bits per heavy atom. The molecule has 0 aromatic carbocycles. The van der Waals surface area contributed by atoms with Crippen molar-refractivity contribution in [2.45, 2.75) is 18.8 Å². The predicted molar refractivity (Wildman–Crippen MR) is 44.0 cm³/mol. The van der Waals surface area contributed by atoms with Crippen LogP contribution in [0, 0.1) is 0 Å². The summed E-state index contributed by atoms with van der Waals surface area (Å²) in [6, 6.07) is 0. The van der Waals surface area contributed by atoms with E-state index in [2.05, 4.69) is 27.4 Å². The third-order valence-corrected chi connectivity index (χ3v) is 2.44. The third-order valence-electron chi connectivity index (χ3n) is 2.44. The van der Waals surface area contributed by atoms with E-state index in [1.807, 2.05) is 0 Å². The first-order chi connectivity index (χ1) is 5.71. The maximum Gasteiger partial charge on any atom is 0.340 e. The van der Waals surface area contributed by atoms with Crippen LogP contribution in [0.1, 0.15) is 19.2 Å². The van der Waals surface area contributed by atoms with Gasteiger partial charge in [0.05, 0.1) is 0 Å². The molecule has 0 spiro atoms. The van der Waals surface area contributed by atoms with E-state index in [0.29, 0.717) is 0 Å². The molecule has 5 nitrogen and oxygen atoms in total. The molecular weight excluding hydrogens is 156 g/mol. The summed E-state index contributed by atoms with van der Waals surface area (Å²) in [4.78, 5) is 13.5. The van der Waals surface area contributed by atoms with Crippen molar-refractivity contribution in [3.8, 4) is 0 Å². The molecule has 2 rings (SSSR count). The fraction of sp³-hybridized carbons (Fsp3) is 0.714. The minimum absolute atomic E-state index is 0.000833. The van der Waals surface area contributed by atoms with Crippen LogP contribution >= 0.6 is 0 Å². The van der Waals surface area contributed by atoms with Crippen molar-refractivity contribution >= 4 is 0 Å². The summed E-state index contributed by atoms with van der Waals surface area (Å²) in [6.07, 6.45) is 1.02. The predicted octanol–water partition coefficient (Wildman–Crippen LogP) is -0.651. The summed E-state index contributed by atoms with van der Waals surface area (Å²) >= 11 is 0. The van der Waals surface area contributed by atoms with Crippen LogP contribution in [0.15, 0.2) is 4.79 Å². The summed E-state index contributed by atoms with van der Waals surface area (Å²) < 4.78 is 0. The Kier molecular flexibility index (Phi) is 1.54. The van der Waals surface area contributed by atoms with Crippen molar-refractivity contribution in [2.75, 3.05) is 13.1 Å². The van der Waals surface area contributed by atoms with Gasteiger partial charge < -0.3 is 5.32 Å². The second kappa shape index (κ2) is 2.45.